The molecule has 1 aromatic heterocycles. The van der Waals surface area contributed by atoms with E-state index in [0.29, 0.717) is 4.47 Å². The zero-order valence-corrected chi connectivity index (χ0v) is 12.1. The molecule has 0 unspecified atom stereocenters. The van der Waals surface area contributed by atoms with Crippen molar-refractivity contribution < 1.29 is 8.42 Å². The maximum atomic E-state index is 12.2. The van der Waals surface area contributed by atoms with Crippen LogP contribution in [0.15, 0.2) is 20.1 Å². The van der Waals surface area contributed by atoms with Gasteiger partial charge >= 0.3 is 0 Å². The van der Waals surface area contributed by atoms with Gasteiger partial charge < -0.3 is 0 Å². The maximum Gasteiger partial charge on any atom is 0.254 e. The van der Waals surface area contributed by atoms with E-state index in [1.807, 2.05) is 6.07 Å². The fraction of sp³-hybridized carbons (Fsp3) is 0.444. The van der Waals surface area contributed by atoms with Crippen molar-refractivity contribution in [2.75, 3.05) is 6.54 Å². The minimum Gasteiger partial charge on any atom is -0.206 e. The molecular weight excluding hydrogens is 312 g/mol. The molecule has 0 atom stereocenters. The van der Waals surface area contributed by atoms with Gasteiger partial charge in [-0.15, -0.1) is 11.3 Å². The molecule has 0 aliphatic carbocycles. The van der Waals surface area contributed by atoms with Crippen molar-refractivity contribution in [3.8, 4) is 6.07 Å². The Kier molecular flexibility index (Phi) is 4.50. The lowest BCUT2D eigenvalue weighted by atomic mass is 10.4. The number of sulfonamides is 1. The number of thiophene rings is 1. The van der Waals surface area contributed by atoms with E-state index in [1.165, 1.54) is 4.31 Å². The van der Waals surface area contributed by atoms with Gasteiger partial charge in [0.2, 0.25) is 0 Å². The highest BCUT2D eigenvalue weighted by molar-refractivity contribution is 9.10. The van der Waals surface area contributed by atoms with E-state index < -0.39 is 10.0 Å². The van der Waals surface area contributed by atoms with Crippen LogP contribution >= 0.6 is 27.3 Å². The summed E-state index contributed by atoms with van der Waals surface area (Å²) in [5.41, 5.74) is 0. The Hall–Kier alpha value is -0.420. The molecule has 0 aliphatic rings. The molecule has 0 radical (unpaired) electrons. The molecule has 0 N–H and O–H groups in total. The molecule has 7 heteroatoms. The average molecular weight is 323 g/mol. The minimum atomic E-state index is -3.57. The monoisotopic (exact) mass is 322 g/mol. The van der Waals surface area contributed by atoms with Crippen molar-refractivity contribution in [2.24, 2.45) is 0 Å². The molecule has 0 saturated carbocycles. The first kappa shape index (κ1) is 13.6. The summed E-state index contributed by atoms with van der Waals surface area (Å²) in [5.74, 6) is 0. The molecule has 88 valence electrons. The standard InChI is InChI=1S/C9H11BrN2O2S2/c1-7(2)12(5-4-11)16(13,14)9-8(10)3-6-15-9/h3,6-7H,5H2,1-2H3. The van der Waals surface area contributed by atoms with Gasteiger partial charge in [0.05, 0.1) is 6.07 Å². The van der Waals surface area contributed by atoms with Crippen molar-refractivity contribution in [1.82, 2.24) is 4.31 Å². The van der Waals surface area contributed by atoms with Crippen LogP contribution < -0.4 is 0 Å². The van der Waals surface area contributed by atoms with Gasteiger partial charge in [-0.3, -0.25) is 0 Å². The number of nitriles is 1. The van der Waals surface area contributed by atoms with Crippen molar-refractivity contribution in [3.63, 3.8) is 0 Å². The van der Waals surface area contributed by atoms with E-state index in [-0.39, 0.29) is 16.8 Å². The second kappa shape index (κ2) is 5.27. The highest BCUT2D eigenvalue weighted by atomic mass is 79.9. The summed E-state index contributed by atoms with van der Waals surface area (Å²) in [6.45, 7) is 3.36. The van der Waals surface area contributed by atoms with E-state index in [2.05, 4.69) is 15.9 Å². The zero-order chi connectivity index (χ0) is 12.3. The molecule has 1 rings (SSSR count). The van der Waals surface area contributed by atoms with Gasteiger partial charge in [0.1, 0.15) is 10.8 Å². The molecule has 0 amide bonds. The van der Waals surface area contributed by atoms with Gasteiger partial charge in [-0.2, -0.15) is 9.57 Å². The smallest absolute Gasteiger partial charge is 0.206 e. The second-order valence-corrected chi connectivity index (χ2v) is 7.21. The molecule has 4 nitrogen and oxygen atoms in total. The van der Waals surface area contributed by atoms with Crippen LogP contribution in [0.3, 0.4) is 0 Å². The lowest BCUT2D eigenvalue weighted by Gasteiger charge is -2.22. The summed E-state index contributed by atoms with van der Waals surface area (Å²) in [4.78, 5) is 0. The fourth-order valence-corrected chi connectivity index (χ4v) is 5.15. The number of rotatable bonds is 4. The summed E-state index contributed by atoms with van der Waals surface area (Å²) < 4.78 is 26.4. The predicted octanol–water partition coefficient (Wildman–Crippen LogP) is 2.43. The molecule has 0 spiro atoms. The van der Waals surface area contributed by atoms with Crippen LogP contribution in [0.4, 0.5) is 0 Å². The number of hydrogen-bond donors (Lipinski definition) is 0. The topological polar surface area (TPSA) is 61.2 Å². The lowest BCUT2D eigenvalue weighted by Crippen LogP contribution is -2.36. The van der Waals surface area contributed by atoms with E-state index >= 15 is 0 Å². The molecule has 1 heterocycles. The maximum absolute atomic E-state index is 12.2. The molecule has 0 aromatic carbocycles. The Balaban J connectivity index is 3.20. The van der Waals surface area contributed by atoms with Crippen molar-refractivity contribution >= 4 is 37.3 Å². The van der Waals surface area contributed by atoms with E-state index in [0.717, 1.165) is 11.3 Å². The largest absolute Gasteiger partial charge is 0.254 e. The fourth-order valence-electron chi connectivity index (χ4n) is 1.19. The minimum absolute atomic E-state index is 0.135. The van der Waals surface area contributed by atoms with E-state index in [1.54, 1.807) is 25.3 Å². The highest BCUT2D eigenvalue weighted by Gasteiger charge is 2.29. The third-order valence-electron chi connectivity index (χ3n) is 1.93. The first-order valence-corrected chi connectivity index (χ1v) is 7.64. The van der Waals surface area contributed by atoms with Crippen molar-refractivity contribution in [1.29, 1.82) is 5.26 Å². The van der Waals surface area contributed by atoms with Gasteiger partial charge in [-0.25, -0.2) is 8.42 Å². The summed E-state index contributed by atoms with van der Waals surface area (Å²) in [6, 6.07) is 3.32. The number of nitrogens with zero attached hydrogens (tertiary/aromatic N) is 2. The van der Waals surface area contributed by atoms with Gasteiger partial charge in [0, 0.05) is 10.5 Å². The van der Waals surface area contributed by atoms with Crippen LogP contribution in [0.5, 0.6) is 0 Å². The zero-order valence-electron chi connectivity index (χ0n) is 8.84. The molecule has 1 aromatic rings. The highest BCUT2D eigenvalue weighted by Crippen LogP contribution is 2.30. The summed E-state index contributed by atoms with van der Waals surface area (Å²) in [6.07, 6.45) is 0. The predicted molar refractivity (Wildman–Crippen MR) is 66.7 cm³/mol. The van der Waals surface area contributed by atoms with Crippen LogP contribution in [0, 0.1) is 11.3 Å². The Morgan fingerprint density at radius 3 is 2.62 bits per heavy atom. The lowest BCUT2D eigenvalue weighted by molar-refractivity contribution is 0.386. The summed E-state index contributed by atoms with van der Waals surface area (Å²) in [7, 11) is -3.57. The molecular formula is C9H11BrN2O2S2. The summed E-state index contributed by atoms with van der Waals surface area (Å²) >= 11 is 4.33. The van der Waals surface area contributed by atoms with Crippen LogP contribution in [0.25, 0.3) is 0 Å². The quantitative estimate of drug-likeness (QED) is 0.800. The summed E-state index contributed by atoms with van der Waals surface area (Å²) in [5, 5.41) is 10.3. The third kappa shape index (κ3) is 2.63. The molecule has 0 bridgehead atoms. The molecule has 0 saturated heterocycles. The van der Waals surface area contributed by atoms with Gasteiger partial charge in [0.25, 0.3) is 10.0 Å². The van der Waals surface area contributed by atoms with Gasteiger partial charge in [-0.05, 0) is 41.2 Å². The molecule has 0 fully saturated rings. The Morgan fingerprint density at radius 1 is 1.62 bits per heavy atom. The second-order valence-electron chi connectivity index (χ2n) is 3.36. The normalized spacial score (nSPS) is 12.0. The van der Waals surface area contributed by atoms with Crippen LogP contribution in [0.2, 0.25) is 0 Å². The van der Waals surface area contributed by atoms with Crippen molar-refractivity contribution in [3.05, 3.63) is 15.9 Å². The van der Waals surface area contributed by atoms with Gasteiger partial charge in [-0.1, -0.05) is 0 Å². The molecule has 16 heavy (non-hydrogen) atoms. The first-order valence-electron chi connectivity index (χ1n) is 4.53. The van der Waals surface area contributed by atoms with E-state index in [9.17, 15) is 8.42 Å². The SMILES string of the molecule is CC(C)N(CC#N)S(=O)(=O)c1sccc1Br. The first-order chi connectivity index (χ1) is 7.41. The molecule has 0 aliphatic heterocycles. The van der Waals surface area contributed by atoms with Gasteiger partial charge in [0.15, 0.2) is 0 Å². The number of halogens is 1. The average Bonchev–Trinajstić information content (AvgIpc) is 2.60. The van der Waals surface area contributed by atoms with E-state index in [4.69, 9.17) is 5.26 Å². The Morgan fingerprint density at radius 2 is 2.25 bits per heavy atom. The van der Waals surface area contributed by atoms with Crippen LogP contribution in [-0.2, 0) is 10.0 Å². The van der Waals surface area contributed by atoms with Crippen LogP contribution in [0.1, 0.15) is 13.8 Å². The Bertz CT molecular complexity index is 502. The number of hydrogen-bond acceptors (Lipinski definition) is 4. The Labute approximate surface area is 108 Å². The third-order valence-corrected chi connectivity index (χ3v) is 6.60. The van der Waals surface area contributed by atoms with Crippen LogP contribution in [-0.4, -0.2) is 25.3 Å². The van der Waals surface area contributed by atoms with Crippen molar-refractivity contribution in [2.45, 2.75) is 24.1 Å².